The Morgan fingerprint density at radius 2 is 1.78 bits per heavy atom. The minimum atomic E-state index is -0.755. The molecule has 0 aliphatic carbocycles. The van der Waals surface area contributed by atoms with E-state index in [4.69, 9.17) is 4.98 Å². The number of pyridine rings is 1. The van der Waals surface area contributed by atoms with Gasteiger partial charge < -0.3 is 10.0 Å². The van der Waals surface area contributed by atoms with Crippen molar-refractivity contribution in [1.29, 1.82) is 0 Å². The number of aliphatic hydroxyl groups is 1. The third kappa shape index (κ3) is 3.73. The highest BCUT2D eigenvalue weighted by Gasteiger charge is 2.34. The summed E-state index contributed by atoms with van der Waals surface area (Å²) in [6.45, 7) is 3.74. The molecule has 0 amide bonds. The number of anilines is 1. The zero-order valence-electron chi connectivity index (χ0n) is 15.6. The topological polar surface area (TPSA) is 36.4 Å². The summed E-state index contributed by atoms with van der Waals surface area (Å²) in [4.78, 5) is 8.45. The smallest absolute Gasteiger partial charge is 0.129 e. The normalized spacial score (nSPS) is 16.7. The van der Waals surface area contributed by atoms with Gasteiger partial charge in [0.2, 0.25) is 0 Å². The van der Waals surface area contributed by atoms with Gasteiger partial charge >= 0.3 is 0 Å². The van der Waals surface area contributed by atoms with E-state index >= 15 is 0 Å². The largest absolute Gasteiger partial charge is 0.385 e. The number of hydrogen-bond acceptors (Lipinski definition) is 4. The number of thioether (sulfide) groups is 1. The van der Waals surface area contributed by atoms with Gasteiger partial charge in [0.05, 0.1) is 11.1 Å². The Bertz CT molecular complexity index is 966. The Hall–Kier alpha value is -1.56. The summed E-state index contributed by atoms with van der Waals surface area (Å²) >= 11 is 5.20. The molecule has 1 fully saturated rings. The first-order valence-electron chi connectivity index (χ1n) is 9.17. The van der Waals surface area contributed by atoms with Gasteiger partial charge in [0.15, 0.2) is 0 Å². The lowest BCUT2D eigenvalue weighted by atomic mass is 9.84. The van der Waals surface area contributed by atoms with Gasteiger partial charge in [-0.2, -0.15) is 0 Å². The zero-order valence-corrected chi connectivity index (χ0v) is 18.0. The Balaban J connectivity index is 1.58. The first kappa shape index (κ1) is 18.8. The quantitative estimate of drug-likeness (QED) is 0.541. The zero-order chi connectivity index (χ0) is 19.0. The van der Waals surface area contributed by atoms with Crippen LogP contribution in [0, 0.1) is 6.92 Å². The minimum Gasteiger partial charge on any atom is -0.385 e. The molecule has 1 N–H and O–H groups in total. The third-order valence-electron chi connectivity index (χ3n) is 5.51. The molecular formula is C22H23BrN2OS. The van der Waals surface area contributed by atoms with Gasteiger partial charge in [0.1, 0.15) is 5.82 Å². The van der Waals surface area contributed by atoms with E-state index in [1.807, 2.05) is 24.3 Å². The van der Waals surface area contributed by atoms with Crippen LogP contribution in [0.3, 0.4) is 0 Å². The first-order valence-corrected chi connectivity index (χ1v) is 11.2. The lowest BCUT2D eigenvalue weighted by Crippen LogP contribution is -2.43. The molecule has 2 heterocycles. The lowest BCUT2D eigenvalue weighted by Gasteiger charge is -2.39. The van der Waals surface area contributed by atoms with Crippen molar-refractivity contribution >= 4 is 44.4 Å². The summed E-state index contributed by atoms with van der Waals surface area (Å²) < 4.78 is 1.03. The minimum absolute atomic E-state index is 0.707. The van der Waals surface area contributed by atoms with Crippen molar-refractivity contribution in [3.63, 3.8) is 0 Å². The molecule has 27 heavy (non-hydrogen) atoms. The molecule has 1 aliphatic rings. The highest BCUT2D eigenvalue weighted by molar-refractivity contribution is 9.10. The van der Waals surface area contributed by atoms with E-state index in [1.165, 1.54) is 15.8 Å². The summed E-state index contributed by atoms with van der Waals surface area (Å²) in [5.41, 5.74) is 2.54. The number of aromatic nitrogens is 1. The van der Waals surface area contributed by atoms with Crippen molar-refractivity contribution in [3.8, 4) is 0 Å². The highest BCUT2D eigenvalue weighted by atomic mass is 79.9. The van der Waals surface area contributed by atoms with Crippen LogP contribution in [0.2, 0.25) is 0 Å². The average Bonchev–Trinajstić information content (AvgIpc) is 2.68. The van der Waals surface area contributed by atoms with Crippen molar-refractivity contribution in [2.24, 2.45) is 0 Å². The fourth-order valence-electron chi connectivity index (χ4n) is 3.81. The van der Waals surface area contributed by atoms with Gasteiger partial charge in [-0.25, -0.2) is 4.98 Å². The van der Waals surface area contributed by atoms with Crippen LogP contribution < -0.4 is 4.90 Å². The first-order chi connectivity index (χ1) is 13.0. The fourth-order valence-corrected chi connectivity index (χ4v) is 4.51. The molecule has 0 radical (unpaired) electrons. The third-order valence-corrected chi connectivity index (χ3v) is 6.76. The molecule has 4 rings (SSSR count). The maximum absolute atomic E-state index is 11.1. The molecular weight excluding hydrogens is 420 g/mol. The SMILES string of the molecule is CSc1ccc2c(C)cc(N3CCC(O)(c4ccc(Br)cc4)CC3)nc2c1. The maximum atomic E-state index is 11.1. The van der Waals surface area contributed by atoms with Gasteiger partial charge in [0, 0.05) is 27.8 Å². The molecule has 1 saturated heterocycles. The van der Waals surface area contributed by atoms with Gasteiger partial charge in [-0.15, -0.1) is 11.8 Å². The Morgan fingerprint density at radius 3 is 2.44 bits per heavy atom. The average molecular weight is 443 g/mol. The molecule has 1 aliphatic heterocycles. The fraction of sp³-hybridized carbons (Fsp3) is 0.318. The van der Waals surface area contributed by atoms with Crippen LogP contribution in [-0.2, 0) is 5.60 Å². The van der Waals surface area contributed by atoms with E-state index in [0.717, 1.165) is 34.5 Å². The van der Waals surface area contributed by atoms with E-state index in [1.54, 1.807) is 11.8 Å². The second-order valence-corrected chi connectivity index (χ2v) is 9.00. The van der Waals surface area contributed by atoms with Crippen LogP contribution in [0.4, 0.5) is 5.82 Å². The molecule has 0 spiro atoms. The highest BCUT2D eigenvalue weighted by Crippen LogP contribution is 2.35. The molecule has 1 aromatic heterocycles. The van der Waals surface area contributed by atoms with Crippen molar-refractivity contribution < 1.29 is 5.11 Å². The van der Waals surface area contributed by atoms with Gasteiger partial charge in [0.25, 0.3) is 0 Å². The van der Waals surface area contributed by atoms with Crippen molar-refractivity contribution in [3.05, 3.63) is 64.1 Å². The summed E-state index contributed by atoms with van der Waals surface area (Å²) in [5.74, 6) is 1.01. The van der Waals surface area contributed by atoms with Crippen molar-refractivity contribution in [1.82, 2.24) is 4.98 Å². The van der Waals surface area contributed by atoms with E-state index in [9.17, 15) is 5.11 Å². The van der Waals surface area contributed by atoms with E-state index in [0.29, 0.717) is 12.8 Å². The van der Waals surface area contributed by atoms with Crippen LogP contribution in [0.5, 0.6) is 0 Å². The molecule has 2 aromatic carbocycles. The second kappa shape index (κ2) is 7.46. The number of halogens is 1. The summed E-state index contributed by atoms with van der Waals surface area (Å²) in [6, 6.07) is 16.7. The number of piperidine rings is 1. The molecule has 140 valence electrons. The maximum Gasteiger partial charge on any atom is 0.129 e. The summed E-state index contributed by atoms with van der Waals surface area (Å²) in [5, 5.41) is 12.3. The molecule has 5 heteroatoms. The van der Waals surface area contributed by atoms with Gasteiger partial charge in [-0.1, -0.05) is 34.1 Å². The van der Waals surface area contributed by atoms with Crippen LogP contribution in [0.1, 0.15) is 24.0 Å². The molecule has 0 bridgehead atoms. The summed E-state index contributed by atoms with van der Waals surface area (Å²) in [7, 11) is 0. The number of fused-ring (bicyclic) bond motifs is 1. The standard InChI is InChI=1S/C22H23BrN2OS/c1-15-13-21(24-20-14-18(27-2)7-8-19(15)20)25-11-9-22(26,10-12-25)16-3-5-17(23)6-4-16/h3-8,13-14,26H,9-12H2,1-2H3. The van der Waals surface area contributed by atoms with Crippen LogP contribution >= 0.6 is 27.7 Å². The van der Waals surface area contributed by atoms with Gasteiger partial charge in [-0.3, -0.25) is 0 Å². The van der Waals surface area contributed by atoms with E-state index in [-0.39, 0.29) is 0 Å². The summed E-state index contributed by atoms with van der Waals surface area (Å²) in [6.07, 6.45) is 3.50. The lowest BCUT2D eigenvalue weighted by molar-refractivity contribution is 0.0116. The Morgan fingerprint density at radius 1 is 1.07 bits per heavy atom. The number of rotatable bonds is 3. The predicted octanol–water partition coefficient (Wildman–Crippen LogP) is 5.52. The van der Waals surface area contributed by atoms with Crippen LogP contribution in [-0.4, -0.2) is 29.4 Å². The number of hydrogen-bond donors (Lipinski definition) is 1. The Labute approximate surface area is 172 Å². The van der Waals surface area contributed by atoms with Crippen molar-refractivity contribution in [2.45, 2.75) is 30.3 Å². The van der Waals surface area contributed by atoms with Crippen LogP contribution in [0.25, 0.3) is 10.9 Å². The number of aryl methyl sites for hydroxylation is 1. The number of benzene rings is 2. The molecule has 3 aromatic rings. The molecule has 0 unspecified atom stereocenters. The molecule has 0 saturated carbocycles. The monoisotopic (exact) mass is 442 g/mol. The van der Waals surface area contributed by atoms with E-state index in [2.05, 4.69) is 58.3 Å². The Kier molecular flexibility index (Phi) is 5.19. The van der Waals surface area contributed by atoms with E-state index < -0.39 is 5.60 Å². The predicted molar refractivity (Wildman–Crippen MR) is 118 cm³/mol. The molecule has 0 atom stereocenters. The van der Waals surface area contributed by atoms with Crippen molar-refractivity contribution in [2.75, 3.05) is 24.2 Å². The van der Waals surface area contributed by atoms with Gasteiger partial charge in [-0.05, 0) is 67.5 Å². The van der Waals surface area contributed by atoms with Crippen LogP contribution in [0.15, 0.2) is 57.9 Å². The second-order valence-electron chi connectivity index (χ2n) is 7.21. The number of nitrogens with zero attached hydrogens (tertiary/aromatic N) is 2. The molecule has 3 nitrogen and oxygen atoms in total.